The van der Waals surface area contributed by atoms with E-state index in [2.05, 4.69) is 48.3 Å². The highest BCUT2D eigenvalue weighted by Gasteiger charge is 2.24. The highest BCUT2D eigenvalue weighted by atomic mass is 15.2. The van der Waals surface area contributed by atoms with Crippen LogP contribution in [0.3, 0.4) is 0 Å². The van der Waals surface area contributed by atoms with Gasteiger partial charge in [0.25, 0.3) is 0 Å². The van der Waals surface area contributed by atoms with Crippen molar-refractivity contribution in [1.29, 1.82) is 0 Å². The lowest BCUT2D eigenvalue weighted by Crippen LogP contribution is -2.42. The summed E-state index contributed by atoms with van der Waals surface area (Å²) < 4.78 is 0. The number of anilines is 1. The van der Waals surface area contributed by atoms with Crippen LogP contribution in [0.1, 0.15) is 38.7 Å². The normalized spacial score (nSPS) is 25.8. The molecule has 94 valence electrons. The molecule has 0 bridgehead atoms. The Morgan fingerprint density at radius 2 is 1.71 bits per heavy atom. The van der Waals surface area contributed by atoms with Crippen molar-refractivity contribution in [2.75, 3.05) is 12.4 Å². The zero-order chi connectivity index (χ0) is 12.3. The molecule has 17 heavy (non-hydrogen) atoms. The van der Waals surface area contributed by atoms with E-state index in [1.165, 1.54) is 30.5 Å². The van der Waals surface area contributed by atoms with Crippen molar-refractivity contribution >= 4 is 5.69 Å². The minimum absolute atomic E-state index is 0.725. The van der Waals surface area contributed by atoms with Crippen LogP contribution in [0.25, 0.3) is 0 Å². The molecule has 1 saturated heterocycles. The topological polar surface area (TPSA) is 15.3 Å². The van der Waals surface area contributed by atoms with Crippen molar-refractivity contribution in [1.82, 2.24) is 4.90 Å². The molecule has 0 radical (unpaired) electrons. The van der Waals surface area contributed by atoms with E-state index in [1.807, 2.05) is 7.05 Å². The molecule has 1 aliphatic heterocycles. The van der Waals surface area contributed by atoms with Crippen LogP contribution in [0.15, 0.2) is 24.3 Å². The molecule has 1 aromatic carbocycles. The van der Waals surface area contributed by atoms with Crippen LogP contribution >= 0.6 is 0 Å². The third kappa shape index (κ3) is 3.01. The second kappa shape index (κ2) is 5.54. The van der Waals surface area contributed by atoms with Gasteiger partial charge in [-0.3, -0.25) is 4.90 Å². The van der Waals surface area contributed by atoms with Gasteiger partial charge in [0.1, 0.15) is 0 Å². The quantitative estimate of drug-likeness (QED) is 0.858. The molecule has 0 amide bonds. The molecule has 0 aromatic heterocycles. The number of nitrogens with zero attached hydrogens (tertiary/aromatic N) is 1. The van der Waals surface area contributed by atoms with Gasteiger partial charge in [0, 0.05) is 31.4 Å². The average molecular weight is 232 g/mol. The number of nitrogens with one attached hydrogen (secondary N) is 1. The van der Waals surface area contributed by atoms with Crippen molar-refractivity contribution in [2.24, 2.45) is 0 Å². The van der Waals surface area contributed by atoms with E-state index in [1.54, 1.807) is 0 Å². The number of piperidine rings is 1. The summed E-state index contributed by atoms with van der Waals surface area (Å²) in [7, 11) is 1.96. The van der Waals surface area contributed by atoms with Crippen LogP contribution in [-0.4, -0.2) is 24.0 Å². The van der Waals surface area contributed by atoms with Crippen molar-refractivity contribution < 1.29 is 0 Å². The minimum Gasteiger partial charge on any atom is -0.388 e. The Labute approximate surface area is 105 Å². The number of hydrogen-bond acceptors (Lipinski definition) is 2. The highest BCUT2D eigenvalue weighted by molar-refractivity contribution is 5.43. The largest absolute Gasteiger partial charge is 0.388 e. The van der Waals surface area contributed by atoms with Gasteiger partial charge in [0.05, 0.1) is 0 Å². The predicted molar refractivity (Wildman–Crippen MR) is 74.3 cm³/mol. The zero-order valence-corrected chi connectivity index (χ0v) is 11.2. The van der Waals surface area contributed by atoms with Crippen molar-refractivity contribution in [2.45, 2.75) is 51.7 Å². The van der Waals surface area contributed by atoms with Gasteiger partial charge < -0.3 is 5.32 Å². The van der Waals surface area contributed by atoms with Crippen LogP contribution in [0.4, 0.5) is 5.69 Å². The number of hydrogen-bond donors (Lipinski definition) is 1. The van der Waals surface area contributed by atoms with Gasteiger partial charge in [-0.25, -0.2) is 0 Å². The Balaban J connectivity index is 2.03. The molecule has 1 aliphatic rings. The molecule has 1 N–H and O–H groups in total. The van der Waals surface area contributed by atoms with Crippen LogP contribution in [0, 0.1) is 0 Å². The molecule has 2 atom stereocenters. The lowest BCUT2D eigenvalue weighted by atomic mass is 9.97. The molecule has 2 nitrogen and oxygen atoms in total. The SMILES string of the molecule is CNc1ccc(CN2C(C)CCCC2C)cc1. The smallest absolute Gasteiger partial charge is 0.0337 e. The fourth-order valence-electron chi connectivity index (χ4n) is 2.77. The van der Waals surface area contributed by atoms with Gasteiger partial charge in [-0.05, 0) is 44.4 Å². The molecule has 2 heteroatoms. The molecule has 2 rings (SSSR count). The summed E-state index contributed by atoms with van der Waals surface area (Å²) in [6, 6.07) is 10.2. The molecule has 1 fully saturated rings. The standard InChI is InChI=1S/C15H24N2/c1-12-5-4-6-13(2)17(12)11-14-7-9-15(16-3)10-8-14/h7-10,12-13,16H,4-6,11H2,1-3H3. The molecule has 0 aliphatic carbocycles. The van der Waals surface area contributed by atoms with Gasteiger partial charge in [0.15, 0.2) is 0 Å². The fourth-order valence-corrected chi connectivity index (χ4v) is 2.77. The first-order chi connectivity index (χ1) is 8.20. The van der Waals surface area contributed by atoms with E-state index < -0.39 is 0 Å². The summed E-state index contributed by atoms with van der Waals surface area (Å²) >= 11 is 0. The summed E-state index contributed by atoms with van der Waals surface area (Å²) in [6.45, 7) is 5.81. The van der Waals surface area contributed by atoms with E-state index in [0.29, 0.717) is 0 Å². The van der Waals surface area contributed by atoms with E-state index in [-0.39, 0.29) is 0 Å². The highest BCUT2D eigenvalue weighted by Crippen LogP contribution is 2.24. The Morgan fingerprint density at radius 3 is 2.24 bits per heavy atom. The maximum atomic E-state index is 3.16. The lowest BCUT2D eigenvalue weighted by molar-refractivity contribution is 0.0953. The molecule has 1 heterocycles. The van der Waals surface area contributed by atoms with Crippen molar-refractivity contribution in [3.63, 3.8) is 0 Å². The van der Waals surface area contributed by atoms with Gasteiger partial charge in [-0.2, -0.15) is 0 Å². The molecular formula is C15H24N2. The summed E-state index contributed by atoms with van der Waals surface area (Å²) in [5.74, 6) is 0. The maximum absolute atomic E-state index is 3.16. The van der Waals surface area contributed by atoms with Gasteiger partial charge >= 0.3 is 0 Å². The first kappa shape index (κ1) is 12.4. The third-order valence-electron chi connectivity index (χ3n) is 3.98. The lowest BCUT2D eigenvalue weighted by Gasteiger charge is -2.39. The van der Waals surface area contributed by atoms with E-state index >= 15 is 0 Å². The van der Waals surface area contributed by atoms with E-state index in [4.69, 9.17) is 0 Å². The first-order valence-electron chi connectivity index (χ1n) is 6.73. The van der Waals surface area contributed by atoms with Gasteiger partial charge in [0.2, 0.25) is 0 Å². The van der Waals surface area contributed by atoms with Crippen molar-refractivity contribution in [3.05, 3.63) is 29.8 Å². The minimum atomic E-state index is 0.725. The second-order valence-corrected chi connectivity index (χ2v) is 5.25. The third-order valence-corrected chi connectivity index (χ3v) is 3.98. The number of benzene rings is 1. The fraction of sp³-hybridized carbons (Fsp3) is 0.600. The molecule has 1 aromatic rings. The summed E-state index contributed by atoms with van der Waals surface area (Å²) in [4.78, 5) is 2.64. The van der Waals surface area contributed by atoms with Crippen LogP contribution in [0.2, 0.25) is 0 Å². The Kier molecular flexibility index (Phi) is 4.06. The van der Waals surface area contributed by atoms with Gasteiger partial charge in [-0.1, -0.05) is 18.6 Å². The van der Waals surface area contributed by atoms with E-state index in [0.717, 1.165) is 18.6 Å². The van der Waals surface area contributed by atoms with Crippen LogP contribution in [0.5, 0.6) is 0 Å². The monoisotopic (exact) mass is 232 g/mol. The maximum Gasteiger partial charge on any atom is 0.0337 e. The Morgan fingerprint density at radius 1 is 1.12 bits per heavy atom. The predicted octanol–water partition coefficient (Wildman–Crippen LogP) is 3.49. The Hall–Kier alpha value is -1.02. The van der Waals surface area contributed by atoms with Crippen molar-refractivity contribution in [3.8, 4) is 0 Å². The zero-order valence-electron chi connectivity index (χ0n) is 11.2. The Bertz CT molecular complexity index is 334. The molecule has 0 spiro atoms. The number of rotatable bonds is 3. The van der Waals surface area contributed by atoms with E-state index in [9.17, 15) is 0 Å². The average Bonchev–Trinajstić information content (AvgIpc) is 2.35. The summed E-state index contributed by atoms with van der Waals surface area (Å²) in [6.07, 6.45) is 4.08. The second-order valence-electron chi connectivity index (χ2n) is 5.25. The summed E-state index contributed by atoms with van der Waals surface area (Å²) in [5, 5.41) is 3.16. The van der Waals surface area contributed by atoms with Crippen LogP contribution in [-0.2, 0) is 6.54 Å². The summed E-state index contributed by atoms with van der Waals surface area (Å²) in [5.41, 5.74) is 2.61. The van der Waals surface area contributed by atoms with Crippen LogP contribution < -0.4 is 5.32 Å². The molecule has 0 saturated carbocycles. The molecule has 2 unspecified atom stereocenters. The van der Waals surface area contributed by atoms with Gasteiger partial charge in [-0.15, -0.1) is 0 Å². The molecular weight excluding hydrogens is 208 g/mol. The number of likely N-dealkylation sites (tertiary alicyclic amines) is 1. The first-order valence-corrected chi connectivity index (χ1v) is 6.73.